The van der Waals surface area contributed by atoms with E-state index in [0.717, 1.165) is 11.5 Å². The zero-order valence-electron chi connectivity index (χ0n) is 10.9. The number of rotatable bonds is 7. The van der Waals surface area contributed by atoms with Gasteiger partial charge in [-0.15, -0.1) is 23.2 Å². The van der Waals surface area contributed by atoms with Crippen molar-refractivity contribution in [2.45, 2.75) is 10.8 Å². The maximum absolute atomic E-state index is 6.37. The minimum absolute atomic E-state index is 0.0548. The zero-order valence-corrected chi connectivity index (χ0v) is 14.1. The van der Waals surface area contributed by atoms with Gasteiger partial charge in [-0.1, -0.05) is 82.3 Å². The van der Waals surface area contributed by atoms with E-state index in [4.69, 9.17) is 23.2 Å². The minimum atomic E-state index is 0.0548. The summed E-state index contributed by atoms with van der Waals surface area (Å²) in [6.07, 6.45) is 0. The first-order valence-electron chi connectivity index (χ1n) is 6.40. The first-order chi connectivity index (χ1) is 9.77. The lowest BCUT2D eigenvalue weighted by atomic mass is 10.2. The summed E-state index contributed by atoms with van der Waals surface area (Å²) in [5.74, 6) is 1.77. The van der Waals surface area contributed by atoms with Crippen LogP contribution in [0.1, 0.15) is 21.9 Å². The van der Waals surface area contributed by atoms with Crippen molar-refractivity contribution in [3.63, 3.8) is 0 Å². The Balaban J connectivity index is 1.69. The Kier molecular flexibility index (Phi) is 7.15. The Morgan fingerprint density at radius 2 is 1.00 bits per heavy atom. The molecule has 20 heavy (non-hydrogen) atoms. The molecule has 0 fully saturated rings. The number of hydrogen-bond donors (Lipinski definition) is 0. The van der Waals surface area contributed by atoms with Gasteiger partial charge in [-0.3, -0.25) is 0 Å². The second kappa shape index (κ2) is 8.89. The molecule has 0 aromatic heterocycles. The molecule has 0 aliphatic heterocycles. The summed E-state index contributed by atoms with van der Waals surface area (Å²) in [5.41, 5.74) is 2.35. The molecule has 2 aromatic carbocycles. The average molecular weight is 343 g/mol. The molecular formula is C16H16Cl2S2. The monoisotopic (exact) mass is 342 g/mol. The third-order valence-corrected chi connectivity index (χ3v) is 6.44. The van der Waals surface area contributed by atoms with E-state index in [1.807, 2.05) is 36.4 Å². The van der Waals surface area contributed by atoms with Gasteiger partial charge in [0.25, 0.3) is 0 Å². The molecule has 0 nitrogen and oxygen atoms in total. The molecule has 106 valence electrons. The van der Waals surface area contributed by atoms with E-state index in [1.54, 1.807) is 21.6 Å². The Morgan fingerprint density at radius 3 is 1.35 bits per heavy atom. The van der Waals surface area contributed by atoms with E-state index in [9.17, 15) is 0 Å². The van der Waals surface area contributed by atoms with E-state index in [0.29, 0.717) is 0 Å². The van der Waals surface area contributed by atoms with Crippen LogP contribution in [-0.2, 0) is 0 Å². The summed E-state index contributed by atoms with van der Waals surface area (Å²) in [5, 5.41) is 0.110. The second-order valence-corrected chi connectivity index (χ2v) is 7.93. The molecule has 2 atom stereocenters. The first-order valence-corrected chi connectivity index (χ1v) is 9.76. The highest BCUT2D eigenvalue weighted by Crippen LogP contribution is 2.35. The lowest BCUT2D eigenvalue weighted by molar-refractivity contribution is 1.10. The number of benzene rings is 2. The summed E-state index contributed by atoms with van der Waals surface area (Å²) in [7, 11) is 3.56. The quantitative estimate of drug-likeness (QED) is 0.327. The Morgan fingerprint density at radius 1 is 0.650 bits per heavy atom. The molecular weight excluding hydrogens is 327 g/mol. The lowest BCUT2D eigenvalue weighted by Gasteiger charge is -2.11. The molecule has 0 bridgehead atoms. The maximum Gasteiger partial charge on any atom is 0.0684 e. The highest BCUT2D eigenvalue weighted by molar-refractivity contribution is 8.76. The maximum atomic E-state index is 6.37. The molecule has 0 radical (unpaired) electrons. The third-order valence-electron chi connectivity index (χ3n) is 2.83. The van der Waals surface area contributed by atoms with Crippen LogP contribution in [0.2, 0.25) is 0 Å². The lowest BCUT2D eigenvalue weighted by Crippen LogP contribution is -1.94. The molecule has 0 aliphatic rings. The summed E-state index contributed by atoms with van der Waals surface area (Å²) >= 11 is 12.7. The van der Waals surface area contributed by atoms with Gasteiger partial charge in [0, 0.05) is 11.5 Å². The van der Waals surface area contributed by atoms with Crippen molar-refractivity contribution in [1.82, 2.24) is 0 Å². The second-order valence-electron chi connectivity index (χ2n) is 4.33. The van der Waals surface area contributed by atoms with E-state index < -0.39 is 0 Å². The fourth-order valence-corrected chi connectivity index (χ4v) is 5.06. The van der Waals surface area contributed by atoms with Gasteiger partial charge < -0.3 is 0 Å². The first kappa shape index (κ1) is 16.1. The summed E-state index contributed by atoms with van der Waals surface area (Å²) < 4.78 is 0. The van der Waals surface area contributed by atoms with Crippen molar-refractivity contribution < 1.29 is 0 Å². The van der Waals surface area contributed by atoms with Crippen LogP contribution in [0.25, 0.3) is 0 Å². The van der Waals surface area contributed by atoms with Gasteiger partial charge in [-0.05, 0) is 11.1 Å². The Hall–Kier alpha value is -0.280. The van der Waals surface area contributed by atoms with Gasteiger partial charge in [-0.25, -0.2) is 0 Å². The van der Waals surface area contributed by atoms with Crippen molar-refractivity contribution in [2.75, 3.05) is 11.5 Å². The van der Waals surface area contributed by atoms with Crippen molar-refractivity contribution in [1.29, 1.82) is 0 Å². The van der Waals surface area contributed by atoms with Crippen molar-refractivity contribution in [3.8, 4) is 0 Å². The molecule has 2 aromatic rings. The van der Waals surface area contributed by atoms with E-state index >= 15 is 0 Å². The summed E-state index contributed by atoms with van der Waals surface area (Å²) in [4.78, 5) is 0. The Labute approximate surface area is 138 Å². The van der Waals surface area contributed by atoms with Crippen LogP contribution in [0.15, 0.2) is 60.7 Å². The van der Waals surface area contributed by atoms with Crippen molar-refractivity contribution >= 4 is 44.8 Å². The zero-order chi connectivity index (χ0) is 14.2. The normalized spacial score (nSPS) is 13.9. The van der Waals surface area contributed by atoms with Crippen LogP contribution in [0.3, 0.4) is 0 Å². The summed E-state index contributed by atoms with van der Waals surface area (Å²) in [6, 6.07) is 20.4. The van der Waals surface area contributed by atoms with Gasteiger partial charge in [-0.2, -0.15) is 0 Å². The minimum Gasteiger partial charge on any atom is -0.117 e. The fraction of sp³-hybridized carbons (Fsp3) is 0.250. The molecule has 4 heteroatoms. The predicted molar refractivity (Wildman–Crippen MR) is 95.0 cm³/mol. The molecule has 2 rings (SSSR count). The molecule has 0 saturated carbocycles. The third kappa shape index (κ3) is 5.25. The van der Waals surface area contributed by atoms with Gasteiger partial charge >= 0.3 is 0 Å². The molecule has 0 spiro atoms. The standard InChI is InChI=1S/C16H16Cl2S2/c17-15(13-7-3-1-4-8-13)11-19-20-12-16(18)14-9-5-2-6-10-14/h1-10,15-16H,11-12H2. The van der Waals surface area contributed by atoms with Gasteiger partial charge in [0.05, 0.1) is 10.8 Å². The number of alkyl halides is 2. The number of hydrogen-bond acceptors (Lipinski definition) is 2. The largest absolute Gasteiger partial charge is 0.117 e. The van der Waals surface area contributed by atoms with E-state index in [1.165, 1.54) is 11.1 Å². The predicted octanol–water partition coefficient (Wildman–Crippen LogP) is 6.33. The molecule has 0 aliphatic carbocycles. The van der Waals surface area contributed by atoms with Crippen LogP contribution >= 0.6 is 44.8 Å². The Bertz CT molecular complexity index is 443. The topological polar surface area (TPSA) is 0 Å². The van der Waals surface area contributed by atoms with Crippen LogP contribution in [0.4, 0.5) is 0 Å². The molecule has 0 N–H and O–H groups in total. The smallest absolute Gasteiger partial charge is 0.0684 e. The van der Waals surface area contributed by atoms with Crippen LogP contribution in [0, 0.1) is 0 Å². The van der Waals surface area contributed by atoms with Crippen LogP contribution < -0.4 is 0 Å². The van der Waals surface area contributed by atoms with Gasteiger partial charge in [0.15, 0.2) is 0 Å². The molecule has 0 heterocycles. The molecule has 0 amide bonds. The van der Waals surface area contributed by atoms with E-state index in [-0.39, 0.29) is 10.8 Å². The van der Waals surface area contributed by atoms with Crippen molar-refractivity contribution in [3.05, 3.63) is 71.8 Å². The van der Waals surface area contributed by atoms with Crippen molar-refractivity contribution in [2.24, 2.45) is 0 Å². The summed E-state index contributed by atoms with van der Waals surface area (Å²) in [6.45, 7) is 0. The highest BCUT2D eigenvalue weighted by Gasteiger charge is 2.10. The molecule has 0 saturated heterocycles. The van der Waals surface area contributed by atoms with Gasteiger partial charge in [0.2, 0.25) is 0 Å². The van der Waals surface area contributed by atoms with E-state index in [2.05, 4.69) is 24.3 Å². The van der Waals surface area contributed by atoms with Crippen LogP contribution in [-0.4, -0.2) is 11.5 Å². The number of halogens is 2. The fourth-order valence-electron chi connectivity index (χ4n) is 1.73. The van der Waals surface area contributed by atoms with Gasteiger partial charge in [0.1, 0.15) is 0 Å². The van der Waals surface area contributed by atoms with Crippen LogP contribution in [0.5, 0.6) is 0 Å². The SMILES string of the molecule is ClC(CSSCC(Cl)c1ccccc1)c1ccccc1. The average Bonchev–Trinajstić information content (AvgIpc) is 2.53. The highest BCUT2D eigenvalue weighted by atomic mass is 35.5. The molecule has 2 unspecified atom stereocenters.